The maximum Gasteiger partial charge on any atom is 0.217 e. The third kappa shape index (κ3) is 3.16. The van der Waals surface area contributed by atoms with Crippen LogP contribution in [0.25, 0.3) is 11.1 Å². The molecule has 130 valence electrons. The summed E-state index contributed by atoms with van der Waals surface area (Å²) < 4.78 is 19.5. The van der Waals surface area contributed by atoms with Gasteiger partial charge >= 0.3 is 0 Å². The number of aliphatic imine (C=N–C) groups is 1. The van der Waals surface area contributed by atoms with E-state index in [1.54, 1.807) is 12.3 Å². The van der Waals surface area contributed by atoms with Crippen molar-refractivity contribution >= 4 is 11.7 Å². The molecule has 0 aliphatic carbocycles. The number of nitrogen functional groups attached to an aromatic ring is 1. The average molecular weight is 347 g/mol. The molecule has 1 aliphatic heterocycles. The van der Waals surface area contributed by atoms with E-state index in [2.05, 4.69) is 9.98 Å². The summed E-state index contributed by atoms with van der Waals surface area (Å²) in [6, 6.07) is 20.6. The van der Waals surface area contributed by atoms with Gasteiger partial charge in [-0.2, -0.15) is 0 Å². The molecule has 4 rings (SSSR count). The molecule has 26 heavy (non-hydrogen) atoms. The Hall–Kier alpha value is -3.21. The van der Waals surface area contributed by atoms with Crippen LogP contribution < -0.4 is 5.73 Å². The maximum atomic E-state index is 13.5. The molecular formula is C21H18FN3O. The Labute approximate surface area is 151 Å². The van der Waals surface area contributed by atoms with E-state index in [1.165, 1.54) is 0 Å². The summed E-state index contributed by atoms with van der Waals surface area (Å²) in [4.78, 5) is 8.53. The second kappa shape index (κ2) is 6.96. The maximum absolute atomic E-state index is 13.5. The van der Waals surface area contributed by atoms with E-state index in [9.17, 15) is 4.39 Å². The third-order valence-corrected chi connectivity index (χ3v) is 4.41. The van der Waals surface area contributed by atoms with Crippen LogP contribution in [0.2, 0.25) is 0 Å². The number of nitrogens with zero attached hydrogens (tertiary/aromatic N) is 2. The van der Waals surface area contributed by atoms with E-state index >= 15 is 0 Å². The number of anilines is 1. The summed E-state index contributed by atoms with van der Waals surface area (Å²) >= 11 is 0. The topological polar surface area (TPSA) is 60.5 Å². The van der Waals surface area contributed by atoms with Gasteiger partial charge in [0.05, 0.1) is 0 Å². The Balaban J connectivity index is 1.57. The number of nitrogens with two attached hydrogens (primary N) is 1. The first-order valence-corrected chi connectivity index (χ1v) is 8.42. The minimum Gasteiger partial charge on any atom is -0.467 e. The van der Waals surface area contributed by atoms with Crippen molar-refractivity contribution in [3.8, 4) is 11.1 Å². The van der Waals surface area contributed by atoms with Gasteiger partial charge in [-0.25, -0.2) is 14.4 Å². The first-order chi connectivity index (χ1) is 12.7. The number of benzene rings is 2. The molecule has 2 heterocycles. The fraction of sp³-hybridized carbons (Fsp3) is 0.143. The summed E-state index contributed by atoms with van der Waals surface area (Å²) in [7, 11) is 0. The van der Waals surface area contributed by atoms with Crippen molar-refractivity contribution in [2.75, 3.05) is 12.4 Å². The van der Waals surface area contributed by atoms with Gasteiger partial charge in [0.2, 0.25) is 5.90 Å². The van der Waals surface area contributed by atoms with Gasteiger partial charge in [-0.15, -0.1) is 0 Å². The van der Waals surface area contributed by atoms with Crippen molar-refractivity contribution in [2.45, 2.75) is 12.1 Å². The zero-order chi connectivity index (χ0) is 17.9. The quantitative estimate of drug-likeness (QED) is 0.770. The smallest absolute Gasteiger partial charge is 0.217 e. The van der Waals surface area contributed by atoms with Crippen LogP contribution in [-0.2, 0) is 4.74 Å². The van der Waals surface area contributed by atoms with E-state index in [4.69, 9.17) is 10.5 Å². The highest BCUT2D eigenvalue weighted by Gasteiger charge is 2.32. The van der Waals surface area contributed by atoms with Crippen LogP contribution in [0.5, 0.6) is 0 Å². The van der Waals surface area contributed by atoms with Gasteiger partial charge in [0.15, 0.2) is 6.10 Å². The average Bonchev–Trinajstić information content (AvgIpc) is 3.14. The number of hydrogen-bond acceptors (Lipinski definition) is 4. The molecule has 2 N–H and O–H groups in total. The first-order valence-electron chi connectivity index (χ1n) is 8.42. The van der Waals surface area contributed by atoms with Gasteiger partial charge < -0.3 is 10.5 Å². The summed E-state index contributed by atoms with van der Waals surface area (Å²) in [5.74, 6) is 0.978. The van der Waals surface area contributed by atoms with Crippen molar-refractivity contribution in [1.82, 2.24) is 4.98 Å². The molecule has 0 amide bonds. The number of hydrogen-bond donors (Lipinski definition) is 1. The van der Waals surface area contributed by atoms with Gasteiger partial charge in [0.1, 0.15) is 18.5 Å². The standard InChI is InChI=1S/C21H18FN3O/c22-12-18-20(26-21(25-18)16-4-2-1-3-5-16)15-8-6-14(7-9-15)17-10-11-19(23)24-13-17/h1-11,13,18,20H,12H2,(H2,23,24). The Morgan fingerprint density at radius 2 is 1.62 bits per heavy atom. The molecule has 0 spiro atoms. The molecule has 0 saturated heterocycles. The van der Waals surface area contributed by atoms with Crippen molar-refractivity contribution in [3.63, 3.8) is 0 Å². The van der Waals surface area contributed by atoms with Crippen molar-refractivity contribution in [3.05, 3.63) is 84.1 Å². The van der Waals surface area contributed by atoms with Crippen LogP contribution in [0, 0.1) is 0 Å². The Morgan fingerprint density at radius 3 is 2.27 bits per heavy atom. The Bertz CT molecular complexity index is 908. The molecule has 2 atom stereocenters. The van der Waals surface area contributed by atoms with E-state index in [-0.39, 0.29) is 0 Å². The minimum atomic E-state index is -0.565. The second-order valence-electron chi connectivity index (χ2n) is 6.15. The number of ether oxygens (including phenoxy) is 1. The van der Waals surface area contributed by atoms with Crippen LogP contribution in [-0.4, -0.2) is 23.6 Å². The van der Waals surface area contributed by atoms with E-state index < -0.39 is 18.8 Å². The van der Waals surface area contributed by atoms with Gasteiger partial charge in [0, 0.05) is 17.3 Å². The van der Waals surface area contributed by atoms with E-state index in [1.807, 2.05) is 60.7 Å². The number of rotatable bonds is 4. The highest BCUT2D eigenvalue weighted by atomic mass is 19.1. The van der Waals surface area contributed by atoms with Gasteiger partial charge in [0.25, 0.3) is 0 Å². The molecule has 2 unspecified atom stereocenters. The lowest BCUT2D eigenvalue weighted by Gasteiger charge is -2.16. The monoisotopic (exact) mass is 347 g/mol. The first kappa shape index (κ1) is 16.3. The van der Waals surface area contributed by atoms with Crippen LogP contribution in [0.4, 0.5) is 10.2 Å². The molecule has 0 bridgehead atoms. The predicted octanol–water partition coefficient (Wildman–Crippen LogP) is 4.19. The van der Waals surface area contributed by atoms with Crippen LogP contribution in [0.3, 0.4) is 0 Å². The molecular weight excluding hydrogens is 329 g/mol. The highest BCUT2D eigenvalue weighted by molar-refractivity contribution is 5.95. The SMILES string of the molecule is Nc1ccc(-c2ccc(C3OC(c4ccccc4)=NC3CF)cc2)cn1. The van der Waals surface area contributed by atoms with Crippen LogP contribution in [0.15, 0.2) is 77.9 Å². The molecule has 4 nitrogen and oxygen atoms in total. The number of pyridine rings is 1. The van der Waals surface area contributed by atoms with E-state index in [0.717, 1.165) is 22.3 Å². The predicted molar refractivity (Wildman–Crippen MR) is 101 cm³/mol. The van der Waals surface area contributed by atoms with Crippen LogP contribution >= 0.6 is 0 Å². The summed E-state index contributed by atoms with van der Waals surface area (Å²) in [5.41, 5.74) is 9.37. The van der Waals surface area contributed by atoms with Crippen molar-refractivity contribution in [1.29, 1.82) is 0 Å². The van der Waals surface area contributed by atoms with Crippen molar-refractivity contribution < 1.29 is 9.13 Å². The Morgan fingerprint density at radius 1 is 0.885 bits per heavy atom. The molecule has 1 aromatic heterocycles. The lowest BCUT2D eigenvalue weighted by Crippen LogP contribution is -2.16. The molecule has 0 fully saturated rings. The zero-order valence-electron chi connectivity index (χ0n) is 14.0. The molecule has 2 aromatic carbocycles. The third-order valence-electron chi connectivity index (χ3n) is 4.41. The summed E-state index contributed by atoms with van der Waals surface area (Å²) in [5, 5.41) is 0. The molecule has 3 aromatic rings. The molecule has 1 aliphatic rings. The van der Waals surface area contributed by atoms with Crippen LogP contribution in [0.1, 0.15) is 17.2 Å². The molecule has 5 heteroatoms. The minimum absolute atomic E-state index is 0.422. The lowest BCUT2D eigenvalue weighted by molar-refractivity contribution is 0.181. The molecule has 0 radical (unpaired) electrons. The number of alkyl halides is 1. The van der Waals surface area contributed by atoms with Crippen molar-refractivity contribution in [2.24, 2.45) is 4.99 Å². The highest BCUT2D eigenvalue weighted by Crippen LogP contribution is 2.32. The number of halogens is 1. The fourth-order valence-electron chi connectivity index (χ4n) is 3.02. The largest absolute Gasteiger partial charge is 0.467 e. The van der Waals surface area contributed by atoms with E-state index in [0.29, 0.717) is 11.7 Å². The number of aromatic nitrogens is 1. The van der Waals surface area contributed by atoms with Gasteiger partial charge in [-0.05, 0) is 35.4 Å². The summed E-state index contributed by atoms with van der Waals surface area (Å²) in [6.07, 6.45) is 1.31. The van der Waals surface area contributed by atoms with Gasteiger partial charge in [-0.3, -0.25) is 0 Å². The second-order valence-corrected chi connectivity index (χ2v) is 6.15. The lowest BCUT2D eigenvalue weighted by atomic mass is 10.00. The Kier molecular flexibility index (Phi) is 4.35. The zero-order valence-corrected chi connectivity index (χ0v) is 14.0. The normalized spacial score (nSPS) is 19.0. The molecule has 0 saturated carbocycles. The fourth-order valence-corrected chi connectivity index (χ4v) is 3.02. The summed E-state index contributed by atoms with van der Waals surface area (Å²) in [6.45, 7) is -0.565. The van der Waals surface area contributed by atoms with Gasteiger partial charge in [-0.1, -0.05) is 42.5 Å².